The highest BCUT2D eigenvalue weighted by Crippen LogP contribution is 2.28. The molecule has 2 aromatic rings. The van der Waals surface area contributed by atoms with Crippen molar-refractivity contribution in [2.24, 2.45) is 5.92 Å². The molecule has 3 amide bonds. The predicted octanol–water partition coefficient (Wildman–Crippen LogP) is 5.98. The fourth-order valence-corrected chi connectivity index (χ4v) is 4.78. The molecule has 2 rings (SSSR count). The number of hydrogen-bond donors (Lipinski definition) is 2. The van der Waals surface area contributed by atoms with Crippen LogP contribution in [0.3, 0.4) is 0 Å². The molecule has 0 saturated heterocycles. The third-order valence-corrected chi connectivity index (χ3v) is 7.01. The molecule has 0 bridgehead atoms. The summed E-state index contributed by atoms with van der Waals surface area (Å²) in [7, 11) is 0. The molecule has 2 N–H and O–H groups in total. The van der Waals surface area contributed by atoms with Gasteiger partial charge in [0.2, 0.25) is 11.8 Å². The van der Waals surface area contributed by atoms with Crippen molar-refractivity contribution in [3.05, 3.63) is 83.4 Å². The van der Waals surface area contributed by atoms with Crippen LogP contribution < -0.4 is 10.6 Å². The second kappa shape index (κ2) is 15.7. The number of alkyl carbamates (subject to hydrolysis) is 1. The lowest BCUT2D eigenvalue weighted by atomic mass is 9.93. The summed E-state index contributed by atoms with van der Waals surface area (Å²) < 4.78 is 11.1. The number of rotatable bonds is 12. The van der Waals surface area contributed by atoms with Crippen LogP contribution in [0.15, 0.2) is 61.2 Å². The van der Waals surface area contributed by atoms with Crippen LogP contribution in [0.1, 0.15) is 83.7 Å². The highest BCUT2D eigenvalue weighted by molar-refractivity contribution is 5.94. The molecule has 0 aromatic heterocycles. The number of amides is 3. The van der Waals surface area contributed by atoms with Crippen LogP contribution in [0.25, 0.3) is 0 Å². The van der Waals surface area contributed by atoms with Crippen LogP contribution in [0.2, 0.25) is 0 Å². The largest absolute Gasteiger partial charge is 0.458 e. The Morgan fingerprint density at radius 2 is 1.47 bits per heavy atom. The van der Waals surface area contributed by atoms with Crippen molar-refractivity contribution >= 4 is 23.9 Å². The first-order chi connectivity index (χ1) is 20.8. The SMILES string of the molecule is C=CCN(C(=O)C(NC(=O)OC(C)(C)C)C(C)C)C(C(=O)NC(Cc1ccccc1)C(=O)OC(C)(C)C)c1cccc(C)c1C. The van der Waals surface area contributed by atoms with E-state index in [0.29, 0.717) is 5.56 Å². The fraction of sp³-hybridized carbons (Fsp3) is 0.500. The number of aryl methyl sites for hydroxylation is 1. The molecule has 3 atom stereocenters. The van der Waals surface area contributed by atoms with Gasteiger partial charge in [-0.25, -0.2) is 9.59 Å². The van der Waals surface area contributed by atoms with Gasteiger partial charge in [-0.1, -0.05) is 68.5 Å². The molecule has 0 radical (unpaired) electrons. The Bertz CT molecular complexity index is 1340. The van der Waals surface area contributed by atoms with Crippen molar-refractivity contribution in [2.75, 3.05) is 6.54 Å². The average Bonchev–Trinajstić information content (AvgIpc) is 2.91. The number of ether oxygens (including phenoxy) is 2. The summed E-state index contributed by atoms with van der Waals surface area (Å²) in [4.78, 5) is 56.4. The molecular weight excluding hydrogens is 570 g/mol. The van der Waals surface area contributed by atoms with E-state index in [0.717, 1.165) is 16.7 Å². The van der Waals surface area contributed by atoms with E-state index in [1.807, 2.05) is 56.3 Å². The van der Waals surface area contributed by atoms with Gasteiger partial charge in [0, 0.05) is 13.0 Å². The lowest BCUT2D eigenvalue weighted by Crippen LogP contribution is -2.56. The van der Waals surface area contributed by atoms with Gasteiger partial charge >= 0.3 is 12.1 Å². The average molecular weight is 622 g/mol. The van der Waals surface area contributed by atoms with Gasteiger partial charge in [0.15, 0.2) is 0 Å². The number of hydrogen-bond acceptors (Lipinski definition) is 6. The molecule has 0 spiro atoms. The number of benzene rings is 2. The van der Waals surface area contributed by atoms with E-state index in [9.17, 15) is 19.2 Å². The molecular formula is C36H51N3O6. The van der Waals surface area contributed by atoms with Crippen molar-refractivity contribution in [1.29, 1.82) is 0 Å². The Kier molecular flexibility index (Phi) is 13.0. The maximum absolute atomic E-state index is 14.4. The minimum Gasteiger partial charge on any atom is -0.458 e. The second-order valence-electron chi connectivity index (χ2n) is 13.6. The van der Waals surface area contributed by atoms with Crippen molar-refractivity contribution in [3.63, 3.8) is 0 Å². The topological polar surface area (TPSA) is 114 Å². The summed E-state index contributed by atoms with van der Waals surface area (Å²) in [6.45, 7) is 21.8. The quantitative estimate of drug-likeness (QED) is 0.223. The maximum atomic E-state index is 14.4. The molecule has 0 aliphatic rings. The first-order valence-corrected chi connectivity index (χ1v) is 15.4. The van der Waals surface area contributed by atoms with Gasteiger partial charge in [0.1, 0.15) is 29.3 Å². The summed E-state index contributed by atoms with van der Waals surface area (Å²) in [6.07, 6.45) is 0.975. The molecule has 3 unspecified atom stereocenters. The molecule has 0 aliphatic carbocycles. The van der Waals surface area contributed by atoms with E-state index >= 15 is 0 Å². The van der Waals surface area contributed by atoms with Crippen molar-refractivity contribution < 1.29 is 28.7 Å². The zero-order chi connectivity index (χ0) is 34.1. The van der Waals surface area contributed by atoms with Gasteiger partial charge in [0.05, 0.1) is 0 Å². The molecule has 2 aromatic carbocycles. The van der Waals surface area contributed by atoms with Crippen molar-refractivity contribution in [1.82, 2.24) is 15.5 Å². The highest BCUT2D eigenvalue weighted by atomic mass is 16.6. The van der Waals surface area contributed by atoms with E-state index in [2.05, 4.69) is 17.2 Å². The number of nitrogens with zero attached hydrogens (tertiary/aromatic N) is 1. The maximum Gasteiger partial charge on any atom is 0.408 e. The van der Waals surface area contributed by atoms with E-state index in [-0.39, 0.29) is 18.9 Å². The van der Waals surface area contributed by atoms with Crippen LogP contribution in [0.4, 0.5) is 4.79 Å². The fourth-order valence-electron chi connectivity index (χ4n) is 4.78. The first-order valence-electron chi connectivity index (χ1n) is 15.4. The van der Waals surface area contributed by atoms with E-state index in [4.69, 9.17) is 9.47 Å². The van der Waals surface area contributed by atoms with E-state index in [1.54, 1.807) is 61.5 Å². The van der Waals surface area contributed by atoms with Crippen LogP contribution >= 0.6 is 0 Å². The summed E-state index contributed by atoms with van der Waals surface area (Å²) >= 11 is 0. The standard InChI is InChI=1S/C36H51N3O6/c1-12-21-39(32(41)29(23(2)3)38-34(43)45-36(9,10)11)30(27-20-16-17-24(4)25(27)5)31(40)37-28(33(42)44-35(6,7)8)22-26-18-14-13-15-19-26/h12-20,23,28-30H,1,21-22H2,2-11H3,(H,37,40)(H,38,43). The molecule has 9 nitrogen and oxygen atoms in total. The van der Waals surface area contributed by atoms with Gasteiger partial charge < -0.3 is 25.0 Å². The van der Waals surface area contributed by atoms with Crippen molar-refractivity contribution in [3.8, 4) is 0 Å². The second-order valence-corrected chi connectivity index (χ2v) is 13.6. The third-order valence-electron chi connectivity index (χ3n) is 7.01. The zero-order valence-electron chi connectivity index (χ0n) is 28.5. The highest BCUT2D eigenvalue weighted by Gasteiger charge is 2.39. The number of carbonyl (C=O) groups excluding carboxylic acids is 4. The van der Waals surface area contributed by atoms with Gasteiger partial charge in [-0.15, -0.1) is 6.58 Å². The molecule has 0 heterocycles. The Balaban J connectivity index is 2.63. The molecule has 45 heavy (non-hydrogen) atoms. The zero-order valence-corrected chi connectivity index (χ0v) is 28.5. The summed E-state index contributed by atoms with van der Waals surface area (Å²) in [5.41, 5.74) is 1.61. The predicted molar refractivity (Wildman–Crippen MR) is 176 cm³/mol. The monoisotopic (exact) mass is 621 g/mol. The van der Waals surface area contributed by atoms with Gasteiger partial charge in [-0.3, -0.25) is 9.59 Å². The summed E-state index contributed by atoms with van der Waals surface area (Å²) in [5.74, 6) is -1.99. The van der Waals surface area contributed by atoms with Crippen LogP contribution in [0, 0.1) is 19.8 Å². The van der Waals surface area contributed by atoms with Crippen LogP contribution in [0.5, 0.6) is 0 Å². The summed E-state index contributed by atoms with van der Waals surface area (Å²) in [5, 5.41) is 5.62. The minimum absolute atomic E-state index is 0.000685. The molecule has 9 heteroatoms. The Labute approximate surface area is 268 Å². The number of nitrogens with one attached hydrogen (secondary N) is 2. The Hall–Kier alpha value is -4.14. The Morgan fingerprint density at radius 1 is 0.867 bits per heavy atom. The normalized spacial score (nSPS) is 13.7. The van der Waals surface area contributed by atoms with Gasteiger partial charge in [-0.2, -0.15) is 0 Å². The molecule has 0 aliphatic heterocycles. The first kappa shape index (κ1) is 37.0. The van der Waals surface area contributed by atoms with Crippen molar-refractivity contribution in [2.45, 2.75) is 105 Å². The van der Waals surface area contributed by atoms with Crippen LogP contribution in [-0.4, -0.2) is 58.6 Å². The molecule has 0 fully saturated rings. The lowest BCUT2D eigenvalue weighted by Gasteiger charge is -2.36. The number of carbonyl (C=O) groups is 4. The minimum atomic E-state index is -1.15. The van der Waals surface area contributed by atoms with E-state index in [1.165, 1.54) is 11.0 Å². The van der Waals surface area contributed by atoms with Crippen LogP contribution in [-0.2, 0) is 30.3 Å². The third kappa shape index (κ3) is 11.4. The number of esters is 1. The smallest absolute Gasteiger partial charge is 0.408 e. The van der Waals surface area contributed by atoms with Gasteiger partial charge in [0.25, 0.3) is 0 Å². The molecule has 0 saturated carbocycles. The summed E-state index contributed by atoms with van der Waals surface area (Å²) in [6, 6.07) is 11.7. The Morgan fingerprint density at radius 3 is 2.00 bits per heavy atom. The molecule has 246 valence electrons. The lowest BCUT2D eigenvalue weighted by molar-refractivity contribution is -0.159. The van der Waals surface area contributed by atoms with E-state index < -0.39 is 53.2 Å². The van der Waals surface area contributed by atoms with Gasteiger partial charge in [-0.05, 0) is 83.6 Å².